The number of hydrogen-bond donors (Lipinski definition) is 2. The highest BCUT2D eigenvalue weighted by atomic mass is 35.5. The molecule has 0 aliphatic carbocycles. The van der Waals surface area contributed by atoms with Crippen LogP contribution in [0.4, 0.5) is 10.8 Å². The molecule has 2 aromatic rings. The molecule has 2 N–H and O–H groups in total. The van der Waals surface area contributed by atoms with Gasteiger partial charge in [-0.3, -0.25) is 4.79 Å². The van der Waals surface area contributed by atoms with E-state index in [2.05, 4.69) is 34.7 Å². The third-order valence-electron chi connectivity index (χ3n) is 2.93. The molecule has 0 aliphatic heterocycles. The topological polar surface area (TPSA) is 66.9 Å². The second kappa shape index (κ2) is 8.89. The zero-order valence-corrected chi connectivity index (χ0v) is 16.6. The van der Waals surface area contributed by atoms with Crippen LogP contribution in [0.5, 0.6) is 0 Å². The smallest absolute Gasteiger partial charge is 0.237 e. The van der Waals surface area contributed by atoms with Crippen LogP contribution in [0, 0.1) is 5.92 Å². The number of benzene rings is 1. The normalized spacial score (nSPS) is 12.2. The standard InChI is InChI=1S/C15H18Cl2N4OS2/c1-8(2)7-18-14-20-21-15(24-14)23-9(3)13(22)19-12-10(16)5-4-6-11(12)17/h4-6,8-9H,7H2,1-3H3,(H,18,20)(H,19,22)/t9-/m1/s1. The van der Waals surface area contributed by atoms with Gasteiger partial charge in [-0.25, -0.2) is 0 Å². The van der Waals surface area contributed by atoms with Gasteiger partial charge in [-0.1, -0.05) is 66.2 Å². The highest BCUT2D eigenvalue weighted by molar-refractivity contribution is 8.02. The molecule has 0 bridgehead atoms. The minimum absolute atomic E-state index is 0.193. The maximum absolute atomic E-state index is 12.3. The maximum Gasteiger partial charge on any atom is 0.237 e. The average Bonchev–Trinajstić information content (AvgIpc) is 2.96. The predicted molar refractivity (Wildman–Crippen MR) is 104 cm³/mol. The summed E-state index contributed by atoms with van der Waals surface area (Å²) in [4.78, 5) is 12.3. The number of halogens is 2. The van der Waals surface area contributed by atoms with Gasteiger partial charge in [-0.05, 0) is 25.0 Å². The Bertz CT molecular complexity index is 688. The summed E-state index contributed by atoms with van der Waals surface area (Å²) < 4.78 is 0.731. The van der Waals surface area contributed by atoms with Crippen molar-refractivity contribution >= 4 is 63.0 Å². The van der Waals surface area contributed by atoms with Gasteiger partial charge in [-0.2, -0.15) is 0 Å². The van der Waals surface area contributed by atoms with Gasteiger partial charge in [0.25, 0.3) is 0 Å². The van der Waals surface area contributed by atoms with Crippen LogP contribution in [0.15, 0.2) is 22.5 Å². The first-order valence-electron chi connectivity index (χ1n) is 7.35. The van der Waals surface area contributed by atoms with Crippen LogP contribution in [0.3, 0.4) is 0 Å². The third kappa shape index (κ3) is 5.51. The molecule has 1 heterocycles. The summed E-state index contributed by atoms with van der Waals surface area (Å²) in [6.45, 7) is 6.87. The van der Waals surface area contributed by atoms with Gasteiger partial charge in [-0.15, -0.1) is 10.2 Å². The van der Waals surface area contributed by atoms with E-state index in [1.54, 1.807) is 25.1 Å². The minimum Gasteiger partial charge on any atom is -0.360 e. The molecule has 0 radical (unpaired) electrons. The van der Waals surface area contributed by atoms with Crippen LogP contribution < -0.4 is 10.6 Å². The van der Waals surface area contributed by atoms with Crippen molar-refractivity contribution in [1.29, 1.82) is 0 Å². The molecule has 24 heavy (non-hydrogen) atoms. The number of amides is 1. The van der Waals surface area contributed by atoms with E-state index in [0.717, 1.165) is 16.0 Å². The highest BCUT2D eigenvalue weighted by Gasteiger charge is 2.19. The number of carbonyl (C=O) groups is 1. The van der Waals surface area contributed by atoms with Gasteiger partial charge in [0.15, 0.2) is 4.34 Å². The Morgan fingerprint density at radius 2 is 1.92 bits per heavy atom. The van der Waals surface area contributed by atoms with E-state index in [-0.39, 0.29) is 11.2 Å². The van der Waals surface area contributed by atoms with E-state index in [9.17, 15) is 4.79 Å². The molecule has 0 saturated heterocycles. The number of nitrogens with one attached hydrogen (secondary N) is 2. The third-order valence-corrected chi connectivity index (χ3v) is 5.62. The molecule has 9 heteroatoms. The lowest BCUT2D eigenvalue weighted by molar-refractivity contribution is -0.115. The van der Waals surface area contributed by atoms with Crippen LogP contribution in [-0.4, -0.2) is 27.9 Å². The zero-order valence-electron chi connectivity index (χ0n) is 13.5. The SMILES string of the molecule is CC(C)CNc1nnc(S[C@H](C)C(=O)Nc2c(Cl)cccc2Cl)s1. The molecule has 1 amide bonds. The van der Waals surface area contributed by atoms with E-state index < -0.39 is 0 Å². The van der Waals surface area contributed by atoms with Crippen molar-refractivity contribution < 1.29 is 4.79 Å². The quantitative estimate of drug-likeness (QED) is 0.633. The monoisotopic (exact) mass is 404 g/mol. The van der Waals surface area contributed by atoms with E-state index in [1.807, 2.05) is 0 Å². The summed E-state index contributed by atoms with van der Waals surface area (Å²) in [7, 11) is 0. The van der Waals surface area contributed by atoms with Crippen LogP contribution >= 0.6 is 46.3 Å². The van der Waals surface area contributed by atoms with Gasteiger partial charge in [0.1, 0.15) is 0 Å². The molecule has 130 valence electrons. The number of aromatic nitrogens is 2. The summed E-state index contributed by atoms with van der Waals surface area (Å²) in [6, 6.07) is 5.09. The van der Waals surface area contributed by atoms with E-state index in [4.69, 9.17) is 23.2 Å². The molecule has 5 nitrogen and oxygen atoms in total. The Labute approximate surface area is 159 Å². The molecule has 0 aliphatic rings. The number of hydrogen-bond acceptors (Lipinski definition) is 6. The zero-order chi connectivity index (χ0) is 17.7. The Kier molecular flexibility index (Phi) is 7.16. The molecule has 0 saturated carbocycles. The number of thioether (sulfide) groups is 1. The molecule has 1 aromatic carbocycles. The summed E-state index contributed by atoms with van der Waals surface area (Å²) in [5.74, 6) is 0.331. The van der Waals surface area contributed by atoms with Crippen molar-refractivity contribution in [2.45, 2.75) is 30.4 Å². The lowest BCUT2D eigenvalue weighted by Gasteiger charge is -2.12. The molecule has 0 fully saturated rings. The van der Waals surface area contributed by atoms with Crippen molar-refractivity contribution in [3.8, 4) is 0 Å². The van der Waals surface area contributed by atoms with Crippen LogP contribution in [-0.2, 0) is 4.79 Å². The Morgan fingerprint density at radius 1 is 1.25 bits per heavy atom. The molecule has 0 spiro atoms. The summed E-state index contributed by atoms with van der Waals surface area (Å²) >= 11 is 14.9. The first kappa shape index (κ1) is 19.3. The molecule has 1 aromatic heterocycles. The largest absolute Gasteiger partial charge is 0.360 e. The second-order valence-corrected chi connectivity index (χ2v) is 8.87. The van der Waals surface area contributed by atoms with Gasteiger partial charge < -0.3 is 10.6 Å². The molecule has 2 rings (SSSR count). The fourth-order valence-electron chi connectivity index (χ4n) is 1.67. The van der Waals surface area contributed by atoms with Crippen molar-refractivity contribution in [1.82, 2.24) is 10.2 Å². The van der Waals surface area contributed by atoms with E-state index in [0.29, 0.717) is 21.7 Å². The summed E-state index contributed by atoms with van der Waals surface area (Å²) in [6.07, 6.45) is 0. The van der Waals surface area contributed by atoms with Crippen LogP contribution in [0.1, 0.15) is 20.8 Å². The van der Waals surface area contributed by atoms with Crippen molar-refractivity contribution in [3.05, 3.63) is 28.2 Å². The molecular weight excluding hydrogens is 387 g/mol. The highest BCUT2D eigenvalue weighted by Crippen LogP contribution is 2.32. The average molecular weight is 405 g/mol. The van der Waals surface area contributed by atoms with Crippen molar-refractivity contribution in [3.63, 3.8) is 0 Å². The molecule has 1 atom stereocenters. The molecular formula is C15H18Cl2N4OS2. The minimum atomic E-state index is -0.358. The van der Waals surface area contributed by atoms with Gasteiger partial charge in [0, 0.05) is 6.54 Å². The predicted octanol–water partition coefficient (Wildman–Crippen LogP) is 5.03. The van der Waals surface area contributed by atoms with Gasteiger partial charge in [0.05, 0.1) is 21.0 Å². The summed E-state index contributed by atoms with van der Waals surface area (Å²) in [5, 5.41) is 15.4. The second-order valence-electron chi connectivity index (χ2n) is 5.49. The lowest BCUT2D eigenvalue weighted by atomic mass is 10.2. The fourth-order valence-corrected chi connectivity index (χ4v) is 4.06. The van der Waals surface area contributed by atoms with Crippen molar-refractivity contribution in [2.75, 3.05) is 17.2 Å². The van der Waals surface area contributed by atoms with E-state index >= 15 is 0 Å². The Hall–Kier alpha value is -1.02. The first-order valence-corrected chi connectivity index (χ1v) is 9.81. The Balaban J connectivity index is 1.94. The van der Waals surface area contributed by atoms with Crippen LogP contribution in [0.2, 0.25) is 10.0 Å². The van der Waals surface area contributed by atoms with Gasteiger partial charge in [0.2, 0.25) is 11.0 Å². The van der Waals surface area contributed by atoms with Gasteiger partial charge >= 0.3 is 0 Å². The van der Waals surface area contributed by atoms with Crippen molar-refractivity contribution in [2.24, 2.45) is 5.92 Å². The maximum atomic E-state index is 12.3. The number of nitrogens with zero attached hydrogens (tertiary/aromatic N) is 2. The number of para-hydroxylation sites is 1. The van der Waals surface area contributed by atoms with Crippen LogP contribution in [0.25, 0.3) is 0 Å². The Morgan fingerprint density at radius 3 is 2.54 bits per heavy atom. The lowest BCUT2D eigenvalue weighted by Crippen LogP contribution is -2.22. The number of carbonyl (C=O) groups excluding carboxylic acids is 1. The fraction of sp³-hybridized carbons (Fsp3) is 0.400. The molecule has 0 unspecified atom stereocenters. The summed E-state index contributed by atoms with van der Waals surface area (Å²) in [5.41, 5.74) is 0.426. The first-order chi connectivity index (χ1) is 11.4. The number of anilines is 2. The number of rotatable bonds is 7. The van der Waals surface area contributed by atoms with E-state index in [1.165, 1.54) is 23.1 Å².